The quantitative estimate of drug-likeness (QED) is 0.540. The molecule has 1 unspecified atom stereocenters. The van der Waals surface area contributed by atoms with Gasteiger partial charge in [0.05, 0.1) is 6.04 Å². The van der Waals surface area contributed by atoms with Crippen LogP contribution in [0.3, 0.4) is 0 Å². The monoisotopic (exact) mass is 346 g/mol. The zero-order chi connectivity index (χ0) is 14.1. The fourth-order valence-electron chi connectivity index (χ4n) is 2.47. The Morgan fingerprint density at radius 2 is 1.85 bits per heavy atom. The van der Waals surface area contributed by atoms with Crippen molar-refractivity contribution in [3.63, 3.8) is 0 Å². The number of hydrazine groups is 1. The predicted molar refractivity (Wildman–Crippen MR) is 89.9 cm³/mol. The summed E-state index contributed by atoms with van der Waals surface area (Å²) in [6.07, 6.45) is 0. The molecule has 2 nitrogen and oxygen atoms in total. The molecule has 1 aromatic heterocycles. The molecular weight excluding hydrogens is 332 g/mol. The summed E-state index contributed by atoms with van der Waals surface area (Å²) in [4.78, 5) is 1.30. The second-order valence-corrected chi connectivity index (χ2v) is 6.82. The van der Waals surface area contributed by atoms with Gasteiger partial charge in [-0.2, -0.15) is 0 Å². The average Bonchev–Trinajstić information content (AvgIpc) is 2.86. The first-order chi connectivity index (χ1) is 9.69. The van der Waals surface area contributed by atoms with Gasteiger partial charge in [-0.05, 0) is 58.5 Å². The number of thiophene rings is 1. The molecule has 20 heavy (non-hydrogen) atoms. The molecule has 1 heterocycles. The molecule has 0 aliphatic heterocycles. The predicted octanol–water partition coefficient (Wildman–Crippen LogP) is 4.52. The average molecular weight is 347 g/mol. The van der Waals surface area contributed by atoms with Gasteiger partial charge in [-0.1, -0.05) is 34.1 Å². The van der Waals surface area contributed by atoms with Crippen molar-refractivity contribution in [2.45, 2.75) is 13.0 Å². The molecule has 0 saturated heterocycles. The van der Waals surface area contributed by atoms with E-state index in [1.54, 1.807) is 11.3 Å². The van der Waals surface area contributed by atoms with Gasteiger partial charge in [0.25, 0.3) is 0 Å². The first-order valence-corrected chi connectivity index (χ1v) is 8.05. The summed E-state index contributed by atoms with van der Waals surface area (Å²) in [5.74, 6) is 5.78. The van der Waals surface area contributed by atoms with Crippen LogP contribution >= 0.6 is 27.3 Å². The number of fused-ring (bicyclic) bond motifs is 1. The van der Waals surface area contributed by atoms with Crippen LogP contribution in [0.1, 0.15) is 22.0 Å². The van der Waals surface area contributed by atoms with Crippen LogP contribution in [0.15, 0.2) is 52.3 Å². The summed E-state index contributed by atoms with van der Waals surface area (Å²) in [5, 5.41) is 4.55. The zero-order valence-corrected chi connectivity index (χ0v) is 13.5. The van der Waals surface area contributed by atoms with E-state index in [4.69, 9.17) is 5.84 Å². The molecule has 4 heteroatoms. The Hall–Kier alpha value is -1.20. The highest BCUT2D eigenvalue weighted by atomic mass is 79.9. The Labute approximate surface area is 130 Å². The Morgan fingerprint density at radius 3 is 2.55 bits per heavy atom. The molecule has 0 radical (unpaired) electrons. The number of hydrogen-bond acceptors (Lipinski definition) is 3. The van der Waals surface area contributed by atoms with E-state index in [-0.39, 0.29) is 6.04 Å². The maximum absolute atomic E-state index is 5.78. The SMILES string of the molecule is Cc1sccc1C(NN)c1ccc2cc(Br)ccc2c1. The van der Waals surface area contributed by atoms with E-state index in [1.165, 1.54) is 26.8 Å². The second-order valence-electron chi connectivity index (χ2n) is 4.78. The molecule has 0 bridgehead atoms. The molecule has 3 rings (SSSR count). The minimum atomic E-state index is 0.0364. The van der Waals surface area contributed by atoms with Gasteiger partial charge in [-0.15, -0.1) is 11.3 Å². The summed E-state index contributed by atoms with van der Waals surface area (Å²) in [6.45, 7) is 2.13. The van der Waals surface area contributed by atoms with Crippen LogP contribution < -0.4 is 11.3 Å². The molecule has 2 aromatic carbocycles. The van der Waals surface area contributed by atoms with Gasteiger partial charge >= 0.3 is 0 Å². The Kier molecular flexibility index (Phi) is 3.89. The number of nitrogens with one attached hydrogen (secondary N) is 1. The molecule has 0 aliphatic carbocycles. The highest BCUT2D eigenvalue weighted by Gasteiger charge is 2.15. The number of benzene rings is 2. The normalized spacial score (nSPS) is 12.8. The van der Waals surface area contributed by atoms with Crippen molar-refractivity contribution in [1.29, 1.82) is 0 Å². The summed E-state index contributed by atoms with van der Waals surface area (Å²) in [6, 6.07) is 15.0. The van der Waals surface area contributed by atoms with Crippen LogP contribution in [0.4, 0.5) is 0 Å². The maximum atomic E-state index is 5.78. The number of aryl methyl sites for hydroxylation is 1. The number of rotatable bonds is 3. The van der Waals surface area contributed by atoms with E-state index in [2.05, 4.69) is 76.1 Å². The van der Waals surface area contributed by atoms with Crippen molar-refractivity contribution in [3.8, 4) is 0 Å². The van der Waals surface area contributed by atoms with E-state index in [0.29, 0.717) is 0 Å². The van der Waals surface area contributed by atoms with Gasteiger partial charge in [0.15, 0.2) is 0 Å². The number of hydrogen-bond donors (Lipinski definition) is 2. The van der Waals surface area contributed by atoms with Crippen LogP contribution in [0, 0.1) is 6.92 Å². The third-order valence-electron chi connectivity index (χ3n) is 3.54. The molecule has 0 amide bonds. The molecule has 3 aromatic rings. The molecule has 0 spiro atoms. The van der Waals surface area contributed by atoms with Gasteiger partial charge in [0, 0.05) is 9.35 Å². The van der Waals surface area contributed by atoms with Crippen molar-refractivity contribution < 1.29 is 0 Å². The fourth-order valence-corrected chi connectivity index (χ4v) is 3.59. The Balaban J connectivity index is 2.08. The lowest BCUT2D eigenvalue weighted by Crippen LogP contribution is -2.28. The van der Waals surface area contributed by atoms with Crippen molar-refractivity contribution in [1.82, 2.24) is 5.43 Å². The lowest BCUT2D eigenvalue weighted by Gasteiger charge is -2.17. The summed E-state index contributed by atoms with van der Waals surface area (Å²) < 4.78 is 1.10. The van der Waals surface area contributed by atoms with E-state index in [1.807, 2.05) is 0 Å². The minimum Gasteiger partial charge on any atom is -0.271 e. The standard InChI is InChI=1S/C16H15BrN2S/c1-10-15(6-7-20-10)16(19-18)13-3-2-12-9-14(17)5-4-11(12)8-13/h2-9,16,19H,18H2,1H3. The van der Waals surface area contributed by atoms with Crippen molar-refractivity contribution in [2.24, 2.45) is 5.84 Å². The Bertz CT molecular complexity index is 751. The minimum absolute atomic E-state index is 0.0364. The van der Waals surface area contributed by atoms with Crippen LogP contribution in [-0.4, -0.2) is 0 Å². The third-order valence-corrected chi connectivity index (χ3v) is 4.89. The molecule has 0 aliphatic rings. The van der Waals surface area contributed by atoms with E-state index in [0.717, 1.165) is 4.47 Å². The van der Waals surface area contributed by atoms with E-state index < -0.39 is 0 Å². The molecule has 3 N–H and O–H groups in total. The Morgan fingerprint density at radius 1 is 1.10 bits per heavy atom. The number of nitrogens with two attached hydrogens (primary N) is 1. The highest BCUT2D eigenvalue weighted by Crippen LogP contribution is 2.30. The van der Waals surface area contributed by atoms with Gasteiger partial charge in [0.2, 0.25) is 0 Å². The molecule has 1 atom stereocenters. The maximum Gasteiger partial charge on any atom is 0.0720 e. The zero-order valence-electron chi connectivity index (χ0n) is 11.1. The van der Waals surface area contributed by atoms with Gasteiger partial charge in [-0.3, -0.25) is 5.84 Å². The summed E-state index contributed by atoms with van der Waals surface area (Å²) >= 11 is 5.25. The molecule has 0 fully saturated rings. The molecule has 0 saturated carbocycles. The van der Waals surface area contributed by atoms with Crippen LogP contribution in [0.25, 0.3) is 10.8 Å². The van der Waals surface area contributed by atoms with Crippen LogP contribution in [0.5, 0.6) is 0 Å². The topological polar surface area (TPSA) is 38.0 Å². The van der Waals surface area contributed by atoms with Crippen molar-refractivity contribution in [2.75, 3.05) is 0 Å². The summed E-state index contributed by atoms with van der Waals surface area (Å²) in [5.41, 5.74) is 5.36. The summed E-state index contributed by atoms with van der Waals surface area (Å²) in [7, 11) is 0. The van der Waals surface area contributed by atoms with Crippen LogP contribution in [0.2, 0.25) is 0 Å². The third kappa shape index (κ3) is 2.52. The molecular formula is C16H15BrN2S. The lowest BCUT2D eigenvalue weighted by molar-refractivity contribution is 0.637. The first kappa shape index (κ1) is 13.8. The van der Waals surface area contributed by atoms with Gasteiger partial charge < -0.3 is 0 Å². The largest absolute Gasteiger partial charge is 0.271 e. The van der Waals surface area contributed by atoms with Crippen molar-refractivity contribution in [3.05, 3.63) is 68.3 Å². The smallest absolute Gasteiger partial charge is 0.0720 e. The molecule has 102 valence electrons. The van der Waals surface area contributed by atoms with E-state index >= 15 is 0 Å². The lowest BCUT2D eigenvalue weighted by atomic mass is 9.97. The highest BCUT2D eigenvalue weighted by molar-refractivity contribution is 9.10. The van der Waals surface area contributed by atoms with Crippen molar-refractivity contribution >= 4 is 38.0 Å². The van der Waals surface area contributed by atoms with Gasteiger partial charge in [0.1, 0.15) is 0 Å². The second kappa shape index (κ2) is 5.66. The van der Waals surface area contributed by atoms with Gasteiger partial charge in [-0.25, -0.2) is 5.43 Å². The fraction of sp³-hybridized carbons (Fsp3) is 0.125. The number of halogens is 1. The van der Waals surface area contributed by atoms with Crippen LogP contribution in [-0.2, 0) is 0 Å². The van der Waals surface area contributed by atoms with E-state index in [9.17, 15) is 0 Å². The first-order valence-electron chi connectivity index (χ1n) is 6.38.